The molecular formula is C54H68ClN9O6S. The molecule has 71 heavy (non-hydrogen) atoms. The third kappa shape index (κ3) is 11.1. The zero-order valence-electron chi connectivity index (χ0n) is 42.2. The van der Waals surface area contributed by atoms with Crippen LogP contribution in [0.1, 0.15) is 108 Å². The maximum Gasteiger partial charge on any atom is 0.253 e. The van der Waals surface area contributed by atoms with E-state index in [1.165, 1.54) is 4.90 Å². The number of aromatic nitrogens is 2. The number of aliphatic hydroxyl groups is 1. The predicted molar refractivity (Wildman–Crippen MR) is 275 cm³/mol. The van der Waals surface area contributed by atoms with Gasteiger partial charge in [0.1, 0.15) is 35.8 Å². The van der Waals surface area contributed by atoms with Crippen LogP contribution in [0, 0.1) is 39.9 Å². The quantitative estimate of drug-likeness (QED) is 0.106. The number of benzene rings is 2. The van der Waals surface area contributed by atoms with Gasteiger partial charge in [-0.25, -0.2) is 9.97 Å². The molecule has 2 aromatic heterocycles. The number of piperidine rings is 2. The molecule has 4 aromatic rings. The fourth-order valence-corrected chi connectivity index (χ4v) is 12.6. The number of carbonyl (C=O) groups is 4. The molecule has 4 fully saturated rings. The molecule has 0 bridgehead atoms. The van der Waals surface area contributed by atoms with Crippen molar-refractivity contribution < 1.29 is 29.0 Å². The SMILES string of the molecule is Cc1ncsc1-c1ccc(CNC(=O)[C@@H]2C[C@@H](O)CN2C(=O)C(NC(=O)CN2CCC3(CC2)CCN(c2ccc(C(=O)N[C@H]4C(C)(C)[C@H](Oc5ccc(C#N)c(Cl)c5)C4(C)C)cn2)CC3)C(C)(C)C)cc1. The van der Waals surface area contributed by atoms with Crippen molar-refractivity contribution in [2.45, 2.75) is 124 Å². The van der Waals surface area contributed by atoms with Crippen molar-refractivity contribution in [2.24, 2.45) is 21.7 Å². The lowest BCUT2D eigenvalue weighted by atomic mass is 9.49. The van der Waals surface area contributed by atoms with Crippen LogP contribution in [0.4, 0.5) is 5.82 Å². The van der Waals surface area contributed by atoms with Crippen molar-refractivity contribution in [1.82, 2.24) is 35.7 Å². The number of hydrogen-bond donors (Lipinski definition) is 4. The summed E-state index contributed by atoms with van der Waals surface area (Å²) in [6.07, 6.45) is 4.63. The molecule has 5 heterocycles. The number of rotatable bonds is 13. The minimum atomic E-state index is -0.895. The lowest BCUT2D eigenvalue weighted by molar-refractivity contribution is -0.164. The van der Waals surface area contributed by atoms with E-state index in [1.807, 2.05) is 69.6 Å². The van der Waals surface area contributed by atoms with Crippen molar-refractivity contribution in [1.29, 1.82) is 5.26 Å². The maximum atomic E-state index is 14.2. The number of nitriles is 1. The normalized spacial score (nSPS) is 23.0. The predicted octanol–water partition coefficient (Wildman–Crippen LogP) is 7.14. The minimum Gasteiger partial charge on any atom is -0.489 e. The molecule has 0 radical (unpaired) electrons. The Hall–Kier alpha value is -5.60. The summed E-state index contributed by atoms with van der Waals surface area (Å²) in [5.41, 5.74) is 4.37. The number of nitrogens with one attached hydrogen (secondary N) is 3. The Labute approximate surface area is 426 Å². The molecule has 1 saturated carbocycles. The number of carbonyl (C=O) groups excluding carboxylic acids is 4. The minimum absolute atomic E-state index is 0.0162. The number of likely N-dealkylation sites (tertiary alicyclic amines) is 2. The van der Waals surface area contributed by atoms with Gasteiger partial charge < -0.3 is 35.6 Å². The number of β-amino-alcohol motifs (C(OH)–C–C–N with tert-alkyl or cyclic N) is 1. The van der Waals surface area contributed by atoms with Gasteiger partial charge in [-0.3, -0.25) is 24.1 Å². The van der Waals surface area contributed by atoms with Gasteiger partial charge in [0.2, 0.25) is 17.7 Å². The fourth-order valence-electron chi connectivity index (χ4n) is 11.6. The van der Waals surface area contributed by atoms with Gasteiger partial charge in [-0.15, -0.1) is 11.3 Å². The zero-order chi connectivity index (χ0) is 51.0. The van der Waals surface area contributed by atoms with Crippen LogP contribution in [0.5, 0.6) is 5.75 Å². The van der Waals surface area contributed by atoms with Crippen LogP contribution in [0.3, 0.4) is 0 Å². The largest absolute Gasteiger partial charge is 0.489 e. The second kappa shape index (κ2) is 20.5. The van der Waals surface area contributed by atoms with E-state index in [2.05, 4.69) is 64.5 Å². The molecule has 1 spiro atoms. The summed E-state index contributed by atoms with van der Waals surface area (Å²) in [5, 5.41) is 29.5. The number of amides is 4. The molecule has 1 aliphatic carbocycles. The van der Waals surface area contributed by atoms with Crippen molar-refractivity contribution >= 4 is 52.4 Å². The Morgan fingerprint density at radius 1 is 0.958 bits per heavy atom. The van der Waals surface area contributed by atoms with Crippen LogP contribution < -0.4 is 25.6 Å². The molecule has 3 atom stereocenters. The van der Waals surface area contributed by atoms with E-state index in [1.54, 1.807) is 35.7 Å². The fraction of sp³-hybridized carbons (Fsp3) is 0.537. The van der Waals surface area contributed by atoms with Crippen LogP contribution in [-0.4, -0.2) is 118 Å². The summed E-state index contributed by atoms with van der Waals surface area (Å²) in [6.45, 7) is 19.7. The average molecular weight is 1010 g/mol. The number of aryl methyl sites for hydroxylation is 1. The van der Waals surface area contributed by atoms with Gasteiger partial charge in [0.15, 0.2) is 0 Å². The number of halogens is 1. The van der Waals surface area contributed by atoms with Crippen LogP contribution in [0.15, 0.2) is 66.3 Å². The van der Waals surface area contributed by atoms with Crippen molar-refractivity contribution in [3.8, 4) is 22.3 Å². The lowest BCUT2D eigenvalue weighted by Crippen LogP contribution is -2.74. The van der Waals surface area contributed by atoms with Crippen LogP contribution in [-0.2, 0) is 20.9 Å². The van der Waals surface area contributed by atoms with Gasteiger partial charge >= 0.3 is 0 Å². The summed E-state index contributed by atoms with van der Waals surface area (Å²) in [6, 6.07) is 16.9. The van der Waals surface area contributed by atoms with E-state index in [4.69, 9.17) is 21.3 Å². The van der Waals surface area contributed by atoms with Crippen molar-refractivity contribution in [2.75, 3.05) is 44.2 Å². The van der Waals surface area contributed by atoms with E-state index >= 15 is 0 Å². The second-order valence-corrected chi connectivity index (χ2v) is 23.7. The highest BCUT2D eigenvalue weighted by Gasteiger charge is 2.64. The Bertz CT molecular complexity index is 2630. The van der Waals surface area contributed by atoms with E-state index in [0.29, 0.717) is 21.9 Å². The topological polar surface area (TPSA) is 193 Å². The molecule has 1 unspecified atom stereocenters. The van der Waals surface area contributed by atoms with Crippen LogP contribution >= 0.6 is 22.9 Å². The van der Waals surface area contributed by atoms with Crippen LogP contribution in [0.2, 0.25) is 5.02 Å². The molecule has 378 valence electrons. The first kappa shape index (κ1) is 51.7. The molecule has 4 N–H and O–H groups in total. The Kier molecular flexibility index (Phi) is 14.9. The lowest BCUT2D eigenvalue weighted by Gasteiger charge is -2.63. The Morgan fingerprint density at radius 2 is 1.63 bits per heavy atom. The average Bonchev–Trinajstić information content (AvgIpc) is 3.96. The summed E-state index contributed by atoms with van der Waals surface area (Å²) in [5.74, 6) is 0.273. The number of pyridine rings is 1. The number of nitrogens with zero attached hydrogens (tertiary/aromatic N) is 6. The van der Waals surface area contributed by atoms with Gasteiger partial charge in [0, 0.05) is 61.7 Å². The Morgan fingerprint density at radius 3 is 2.23 bits per heavy atom. The highest BCUT2D eigenvalue weighted by molar-refractivity contribution is 7.13. The van der Waals surface area contributed by atoms with E-state index < -0.39 is 23.6 Å². The van der Waals surface area contributed by atoms with E-state index in [0.717, 1.165) is 79.4 Å². The molecule has 8 rings (SSSR count). The van der Waals surface area contributed by atoms with Gasteiger partial charge in [0.25, 0.3) is 5.91 Å². The molecule has 15 nitrogen and oxygen atoms in total. The summed E-state index contributed by atoms with van der Waals surface area (Å²) < 4.78 is 6.39. The number of thiazole rings is 1. The molecule has 4 aliphatic rings. The summed E-state index contributed by atoms with van der Waals surface area (Å²) >= 11 is 7.85. The zero-order valence-corrected chi connectivity index (χ0v) is 43.8. The first-order chi connectivity index (χ1) is 33.6. The molecule has 17 heteroatoms. The molecule has 4 amide bonds. The van der Waals surface area contributed by atoms with Gasteiger partial charge in [-0.1, -0.05) is 84.3 Å². The van der Waals surface area contributed by atoms with E-state index in [9.17, 15) is 29.5 Å². The van der Waals surface area contributed by atoms with Gasteiger partial charge in [0.05, 0.1) is 44.9 Å². The molecular weight excluding hydrogens is 938 g/mol. The second-order valence-electron chi connectivity index (χ2n) is 22.4. The molecule has 2 aromatic carbocycles. The monoisotopic (exact) mass is 1010 g/mol. The standard InChI is InChI=1S/C54H68ClN9O6S/c1-33-44(71-32-59-33)35-11-9-34(10-12-35)28-58-47(68)41-25-38(65)30-64(41)48(69)45(51(2,3)4)60-43(66)31-62-21-17-54(18-22-62)19-23-63(24-20-54)42-16-14-37(29-57-42)46(67)61-49-52(5,6)50(53(49,7)8)70-39-15-13-36(27-56)40(55)26-39/h9-16,26,29,32,38,41,45,49-50,65H,17-25,28,30-31H2,1-8H3,(H,58,68)(H,60,66)(H,61,67)/t38-,41+,45?,49-,50-/m1/s1. The highest BCUT2D eigenvalue weighted by atomic mass is 35.5. The summed E-state index contributed by atoms with van der Waals surface area (Å²) in [4.78, 5) is 71.2. The molecule has 3 aliphatic heterocycles. The first-order valence-electron chi connectivity index (χ1n) is 24.7. The number of hydrogen-bond acceptors (Lipinski definition) is 12. The number of aliphatic hydroxyl groups excluding tert-OH is 1. The number of anilines is 1. The van der Waals surface area contributed by atoms with Crippen molar-refractivity contribution in [3.63, 3.8) is 0 Å². The summed E-state index contributed by atoms with van der Waals surface area (Å²) in [7, 11) is 0. The van der Waals surface area contributed by atoms with Gasteiger partial charge in [-0.05, 0) is 91.9 Å². The third-order valence-electron chi connectivity index (χ3n) is 15.6. The highest BCUT2D eigenvalue weighted by Crippen LogP contribution is 2.55. The van der Waals surface area contributed by atoms with E-state index in [-0.39, 0.29) is 78.1 Å². The molecule has 3 saturated heterocycles. The smallest absolute Gasteiger partial charge is 0.253 e. The maximum absolute atomic E-state index is 14.2. The Balaban J connectivity index is 0.784. The van der Waals surface area contributed by atoms with Crippen molar-refractivity contribution in [3.05, 3.63) is 93.7 Å². The first-order valence-corrected chi connectivity index (χ1v) is 26.0. The number of ether oxygens (including phenoxy) is 1. The third-order valence-corrected chi connectivity index (χ3v) is 16.9. The van der Waals surface area contributed by atoms with Gasteiger partial charge in [-0.2, -0.15) is 5.26 Å². The van der Waals surface area contributed by atoms with Crippen LogP contribution in [0.25, 0.3) is 10.4 Å².